The molecule has 0 bridgehead atoms. The minimum absolute atomic E-state index is 0.588. The number of aliphatic hydroxyl groups is 5. The van der Waals surface area contributed by atoms with Crippen molar-refractivity contribution in [2.75, 3.05) is 6.61 Å². The third kappa shape index (κ3) is 1.42. The fourth-order valence-corrected chi connectivity index (χ4v) is 1.98. The van der Waals surface area contributed by atoms with Gasteiger partial charge in [-0.15, -0.1) is 0 Å². The van der Waals surface area contributed by atoms with Crippen LogP contribution >= 0.6 is 0 Å². The highest BCUT2D eigenvalue weighted by molar-refractivity contribution is 5.16. The molecule has 0 aromatic rings. The highest BCUT2D eigenvalue weighted by Gasteiger charge is 2.69. The van der Waals surface area contributed by atoms with E-state index in [1.54, 1.807) is 0 Å². The van der Waals surface area contributed by atoms with E-state index in [2.05, 4.69) is 0 Å². The molecule has 5 atom stereocenters. The first-order chi connectivity index (χ1) is 6.92. The molecule has 1 rings (SSSR count). The molecule has 0 aromatic heterocycles. The molecule has 0 spiro atoms. The van der Waals surface area contributed by atoms with Gasteiger partial charge in [0.25, 0.3) is 0 Å². The average Bonchev–Trinajstić information content (AvgIpc) is 2.11. The molecule has 6 heteroatoms. The first-order valence-corrected chi connectivity index (χ1v) is 5.10. The molecule has 16 heavy (non-hydrogen) atoms. The summed E-state index contributed by atoms with van der Waals surface area (Å²) in [6.07, 6.45) is -1.20. The van der Waals surface area contributed by atoms with Crippen LogP contribution in [0.25, 0.3) is 0 Å². The SMILES string of the molecule is CC1(O)O[C@H](CO)[C@@](C)(O)[C@](C)(O)[C@]1(C)O. The normalized spacial score (nSPS) is 58.7. The van der Waals surface area contributed by atoms with Crippen molar-refractivity contribution in [3.8, 4) is 0 Å². The number of aliphatic hydroxyl groups excluding tert-OH is 1. The Kier molecular flexibility index (Phi) is 2.92. The van der Waals surface area contributed by atoms with Gasteiger partial charge < -0.3 is 30.3 Å². The van der Waals surface area contributed by atoms with Crippen molar-refractivity contribution in [2.24, 2.45) is 0 Å². The van der Waals surface area contributed by atoms with Gasteiger partial charge in [0.1, 0.15) is 22.9 Å². The summed E-state index contributed by atoms with van der Waals surface area (Å²) in [5, 5.41) is 49.4. The Bertz CT molecular complexity index is 281. The molecule has 1 fully saturated rings. The van der Waals surface area contributed by atoms with E-state index >= 15 is 0 Å². The molecule has 0 aliphatic carbocycles. The molecule has 1 unspecified atom stereocenters. The minimum atomic E-state index is -2.09. The quantitative estimate of drug-likeness (QED) is 0.373. The first-order valence-electron chi connectivity index (χ1n) is 5.10. The maximum absolute atomic E-state index is 10.2. The fraction of sp³-hybridized carbons (Fsp3) is 1.00. The Balaban J connectivity index is 3.30. The van der Waals surface area contributed by atoms with E-state index in [-0.39, 0.29) is 0 Å². The Hall–Kier alpha value is -0.240. The number of hydrogen-bond acceptors (Lipinski definition) is 6. The maximum atomic E-state index is 10.2. The molecule has 1 saturated heterocycles. The molecule has 5 N–H and O–H groups in total. The molecular formula is C10H20O6. The first kappa shape index (κ1) is 13.8. The van der Waals surface area contributed by atoms with Gasteiger partial charge in [0, 0.05) is 0 Å². The van der Waals surface area contributed by atoms with Gasteiger partial charge in [-0.3, -0.25) is 0 Å². The summed E-state index contributed by atoms with van der Waals surface area (Å²) < 4.78 is 5.03. The molecule has 0 aromatic carbocycles. The second kappa shape index (κ2) is 3.38. The number of hydrogen-bond donors (Lipinski definition) is 5. The van der Waals surface area contributed by atoms with Crippen LogP contribution < -0.4 is 0 Å². The van der Waals surface area contributed by atoms with Gasteiger partial charge in [-0.1, -0.05) is 0 Å². The summed E-state index contributed by atoms with van der Waals surface area (Å²) in [5.74, 6) is -2.08. The van der Waals surface area contributed by atoms with Crippen LogP contribution in [0.3, 0.4) is 0 Å². The number of rotatable bonds is 1. The zero-order valence-corrected chi connectivity index (χ0v) is 9.93. The van der Waals surface area contributed by atoms with E-state index in [1.165, 1.54) is 20.8 Å². The lowest BCUT2D eigenvalue weighted by molar-refractivity contribution is -0.423. The van der Waals surface area contributed by atoms with E-state index in [0.29, 0.717) is 0 Å². The third-order valence-corrected chi connectivity index (χ3v) is 4.00. The lowest BCUT2D eigenvalue weighted by atomic mass is 9.65. The van der Waals surface area contributed by atoms with Gasteiger partial charge >= 0.3 is 0 Å². The van der Waals surface area contributed by atoms with Crippen LogP contribution in [0, 0.1) is 0 Å². The van der Waals surface area contributed by atoms with Crippen molar-refractivity contribution in [3.63, 3.8) is 0 Å². The topological polar surface area (TPSA) is 110 Å². The van der Waals surface area contributed by atoms with Crippen molar-refractivity contribution in [3.05, 3.63) is 0 Å². The van der Waals surface area contributed by atoms with Gasteiger partial charge in [0.05, 0.1) is 6.61 Å². The zero-order chi connectivity index (χ0) is 13.0. The second-order valence-electron chi connectivity index (χ2n) is 5.06. The monoisotopic (exact) mass is 236 g/mol. The molecule has 1 aliphatic heterocycles. The lowest BCUT2D eigenvalue weighted by Gasteiger charge is -2.60. The van der Waals surface area contributed by atoms with E-state index < -0.39 is 35.3 Å². The summed E-state index contributed by atoms with van der Waals surface area (Å²) >= 11 is 0. The van der Waals surface area contributed by atoms with Gasteiger partial charge in [-0.2, -0.15) is 0 Å². The van der Waals surface area contributed by atoms with Crippen LogP contribution in [0.15, 0.2) is 0 Å². The van der Waals surface area contributed by atoms with Gasteiger partial charge in [0.15, 0.2) is 5.79 Å². The molecule has 1 aliphatic rings. The Morgan fingerprint density at radius 1 is 0.938 bits per heavy atom. The molecule has 6 nitrogen and oxygen atoms in total. The molecule has 0 amide bonds. The predicted octanol–water partition coefficient (Wildman–Crippen LogP) is -1.66. The van der Waals surface area contributed by atoms with Crippen molar-refractivity contribution < 1.29 is 30.3 Å². The minimum Gasteiger partial charge on any atom is -0.394 e. The molecule has 1 heterocycles. The van der Waals surface area contributed by atoms with E-state index in [9.17, 15) is 20.4 Å². The summed E-state index contributed by atoms with van der Waals surface area (Å²) in [5.41, 5.74) is -6.03. The highest BCUT2D eigenvalue weighted by atomic mass is 16.7. The maximum Gasteiger partial charge on any atom is 0.195 e. The summed E-state index contributed by atoms with van der Waals surface area (Å²) in [6, 6.07) is 0. The molecular weight excluding hydrogens is 216 g/mol. The molecule has 0 radical (unpaired) electrons. The average molecular weight is 236 g/mol. The van der Waals surface area contributed by atoms with Crippen LogP contribution in [0.5, 0.6) is 0 Å². The second-order valence-corrected chi connectivity index (χ2v) is 5.06. The molecule has 0 saturated carbocycles. The van der Waals surface area contributed by atoms with Crippen LogP contribution in [-0.4, -0.2) is 60.8 Å². The van der Waals surface area contributed by atoms with Crippen LogP contribution in [0.4, 0.5) is 0 Å². The largest absolute Gasteiger partial charge is 0.394 e. The van der Waals surface area contributed by atoms with E-state index in [1.807, 2.05) is 0 Å². The summed E-state index contributed by atoms with van der Waals surface area (Å²) in [4.78, 5) is 0. The van der Waals surface area contributed by atoms with Gasteiger partial charge in [-0.05, 0) is 27.7 Å². The zero-order valence-electron chi connectivity index (χ0n) is 9.93. The van der Waals surface area contributed by atoms with Gasteiger partial charge in [-0.25, -0.2) is 0 Å². The van der Waals surface area contributed by atoms with Crippen molar-refractivity contribution in [2.45, 2.75) is 56.4 Å². The van der Waals surface area contributed by atoms with E-state index in [0.717, 1.165) is 6.92 Å². The van der Waals surface area contributed by atoms with Crippen LogP contribution in [0.2, 0.25) is 0 Å². The fourth-order valence-electron chi connectivity index (χ4n) is 1.98. The third-order valence-electron chi connectivity index (χ3n) is 4.00. The van der Waals surface area contributed by atoms with Crippen LogP contribution in [0.1, 0.15) is 27.7 Å². The Morgan fingerprint density at radius 3 is 1.75 bits per heavy atom. The van der Waals surface area contributed by atoms with E-state index in [4.69, 9.17) is 9.84 Å². The summed E-state index contributed by atoms with van der Waals surface area (Å²) in [6.45, 7) is 4.16. The van der Waals surface area contributed by atoms with Crippen molar-refractivity contribution in [1.82, 2.24) is 0 Å². The van der Waals surface area contributed by atoms with Crippen molar-refractivity contribution in [1.29, 1.82) is 0 Å². The van der Waals surface area contributed by atoms with Gasteiger partial charge in [0.2, 0.25) is 0 Å². The smallest absolute Gasteiger partial charge is 0.195 e. The number of ether oxygens (including phenoxy) is 1. The summed E-state index contributed by atoms with van der Waals surface area (Å²) in [7, 11) is 0. The standard InChI is InChI=1S/C10H20O6/c1-7(12)6(5-11)16-10(4,15)9(3,14)8(7,2)13/h6,11-15H,5H2,1-4H3/t6-,7-,8+,9+,10?/m1/s1. The Labute approximate surface area is 94.1 Å². The van der Waals surface area contributed by atoms with Crippen LogP contribution in [-0.2, 0) is 4.74 Å². The highest BCUT2D eigenvalue weighted by Crippen LogP contribution is 2.47. The molecule has 96 valence electrons. The Morgan fingerprint density at radius 2 is 1.38 bits per heavy atom. The predicted molar refractivity (Wildman–Crippen MR) is 54.5 cm³/mol. The van der Waals surface area contributed by atoms with Crippen molar-refractivity contribution >= 4 is 0 Å². The lowest BCUT2D eigenvalue weighted by Crippen LogP contribution is -2.80.